The van der Waals surface area contributed by atoms with Gasteiger partial charge in [0.1, 0.15) is 11.9 Å². The van der Waals surface area contributed by atoms with Gasteiger partial charge in [-0.2, -0.15) is 13.2 Å². The van der Waals surface area contributed by atoms with Crippen LogP contribution in [0.15, 0.2) is 66.7 Å². The van der Waals surface area contributed by atoms with E-state index in [0.717, 1.165) is 17.7 Å². The summed E-state index contributed by atoms with van der Waals surface area (Å²) in [4.78, 5) is 25.2. The largest absolute Gasteiger partial charge is 0.493 e. The van der Waals surface area contributed by atoms with Gasteiger partial charge in [0.2, 0.25) is 0 Å². The van der Waals surface area contributed by atoms with Gasteiger partial charge in [-0.05, 0) is 48.4 Å². The third-order valence-corrected chi connectivity index (χ3v) is 6.05. The van der Waals surface area contributed by atoms with E-state index in [4.69, 9.17) is 19.3 Å². The highest BCUT2D eigenvalue weighted by Crippen LogP contribution is 2.40. The molecule has 37 heavy (non-hydrogen) atoms. The Balaban J connectivity index is 1.69. The molecule has 3 aromatic carbocycles. The van der Waals surface area contributed by atoms with E-state index in [1.54, 1.807) is 13.0 Å². The quantitative estimate of drug-likeness (QED) is 0.384. The number of rotatable bonds is 8. The molecule has 7 nitrogen and oxygen atoms in total. The van der Waals surface area contributed by atoms with Crippen LogP contribution in [0.1, 0.15) is 35.3 Å². The van der Waals surface area contributed by atoms with Gasteiger partial charge in [0, 0.05) is 5.56 Å². The number of hydrogen-bond acceptors (Lipinski definition) is 5. The summed E-state index contributed by atoms with van der Waals surface area (Å²) in [5.74, 6) is -0.609. The summed E-state index contributed by atoms with van der Waals surface area (Å²) in [7, 11) is 1.39. The molecule has 0 radical (unpaired) electrons. The predicted molar refractivity (Wildman–Crippen MR) is 127 cm³/mol. The number of halogens is 3. The first-order valence-electron chi connectivity index (χ1n) is 11.4. The highest BCUT2D eigenvalue weighted by molar-refractivity contribution is 5.71. The van der Waals surface area contributed by atoms with Crippen LogP contribution in [0, 0.1) is 0 Å². The third kappa shape index (κ3) is 5.79. The fourth-order valence-corrected chi connectivity index (χ4v) is 4.17. The molecule has 1 aliphatic rings. The molecular weight excluding hydrogens is 491 g/mol. The molecule has 4 rings (SSSR count). The monoisotopic (exact) mass is 515 g/mol. The van der Waals surface area contributed by atoms with Crippen LogP contribution in [-0.2, 0) is 28.7 Å². The summed E-state index contributed by atoms with van der Waals surface area (Å²) in [6, 6.07) is 16.1. The van der Waals surface area contributed by atoms with Crippen LogP contribution in [-0.4, -0.2) is 35.2 Å². The number of cyclic esters (lactones) is 1. The van der Waals surface area contributed by atoms with Crippen LogP contribution in [0.25, 0.3) is 0 Å². The first-order chi connectivity index (χ1) is 17.6. The Morgan fingerprint density at radius 3 is 2.38 bits per heavy atom. The Morgan fingerprint density at radius 2 is 1.73 bits per heavy atom. The maximum Gasteiger partial charge on any atom is 0.416 e. The third-order valence-electron chi connectivity index (χ3n) is 6.05. The number of carboxylic acids is 1. The number of nitrogens with zero attached hydrogens (tertiary/aromatic N) is 1. The molecule has 0 unspecified atom stereocenters. The highest BCUT2D eigenvalue weighted by atomic mass is 19.4. The molecule has 1 heterocycles. The SMILES string of the molecule is COc1ccc(CC(=O)O)cc1Oc1ccc(C(F)(F)F)cc1CN1C(=O)O[C@@H](c2ccccc2)[C@H]1C. The number of methoxy groups -OCH3 is 1. The Kier molecular flexibility index (Phi) is 7.28. The second-order valence-electron chi connectivity index (χ2n) is 8.56. The molecule has 0 bridgehead atoms. The minimum atomic E-state index is -4.61. The maximum atomic E-state index is 13.5. The predicted octanol–water partition coefficient (Wildman–Crippen LogP) is 6.22. The number of benzene rings is 3. The highest BCUT2D eigenvalue weighted by Gasteiger charge is 2.40. The standard InChI is InChI=1S/C27H24F3NO6/c1-16-25(18-6-4-3-5-7-18)37-26(34)31(16)15-19-14-20(27(28,29)30)9-11-21(19)36-23-12-17(13-24(32)33)8-10-22(23)35-2/h3-12,14,16,25H,13,15H2,1-2H3,(H,32,33)/t16-,25-/m1/s1. The van der Waals surface area contributed by atoms with E-state index in [2.05, 4.69) is 0 Å². The molecule has 1 aliphatic heterocycles. The van der Waals surface area contributed by atoms with Crippen LogP contribution in [0.2, 0.25) is 0 Å². The topological polar surface area (TPSA) is 85.3 Å². The number of carboxylic acid groups (broad SMARTS) is 1. The molecule has 1 amide bonds. The average molecular weight is 515 g/mol. The summed E-state index contributed by atoms with van der Waals surface area (Å²) < 4.78 is 57.4. The van der Waals surface area contributed by atoms with Gasteiger partial charge in [0.25, 0.3) is 0 Å². The van der Waals surface area contributed by atoms with Gasteiger partial charge < -0.3 is 19.3 Å². The molecule has 0 aliphatic carbocycles. The van der Waals surface area contributed by atoms with Gasteiger partial charge in [-0.25, -0.2) is 4.79 Å². The van der Waals surface area contributed by atoms with Crippen molar-refractivity contribution in [1.82, 2.24) is 4.90 Å². The van der Waals surface area contributed by atoms with E-state index in [1.165, 1.54) is 30.2 Å². The van der Waals surface area contributed by atoms with Crippen molar-refractivity contribution in [3.05, 3.63) is 89.0 Å². The van der Waals surface area contributed by atoms with Crippen molar-refractivity contribution in [3.63, 3.8) is 0 Å². The van der Waals surface area contributed by atoms with E-state index in [-0.39, 0.29) is 35.8 Å². The van der Waals surface area contributed by atoms with Crippen molar-refractivity contribution in [1.29, 1.82) is 0 Å². The number of carbonyl (C=O) groups excluding carboxylic acids is 1. The Bertz CT molecular complexity index is 1300. The van der Waals surface area contributed by atoms with Crippen LogP contribution in [0.4, 0.5) is 18.0 Å². The Hall–Kier alpha value is -4.21. The lowest BCUT2D eigenvalue weighted by Gasteiger charge is -2.23. The molecule has 2 atom stereocenters. The zero-order valence-corrected chi connectivity index (χ0v) is 20.0. The Labute approximate surface area is 211 Å². The molecule has 0 aromatic heterocycles. The smallest absolute Gasteiger partial charge is 0.416 e. The molecule has 10 heteroatoms. The van der Waals surface area contributed by atoms with Crippen LogP contribution < -0.4 is 9.47 Å². The summed E-state index contributed by atoms with van der Waals surface area (Å²) in [6.07, 6.45) is -6.14. The van der Waals surface area contributed by atoms with Gasteiger partial charge >= 0.3 is 18.2 Å². The molecule has 1 fully saturated rings. The molecule has 1 saturated heterocycles. The number of carbonyl (C=O) groups is 2. The van der Waals surface area contributed by atoms with Gasteiger partial charge in [-0.1, -0.05) is 36.4 Å². The van der Waals surface area contributed by atoms with Gasteiger partial charge in [0.15, 0.2) is 11.5 Å². The normalized spacial score (nSPS) is 17.4. The van der Waals surface area contributed by atoms with Crippen molar-refractivity contribution in [3.8, 4) is 17.2 Å². The molecule has 194 valence electrons. The number of ether oxygens (including phenoxy) is 3. The Morgan fingerprint density at radius 1 is 1.03 bits per heavy atom. The molecule has 3 aromatic rings. The zero-order chi connectivity index (χ0) is 26.7. The number of amides is 1. The van der Waals surface area contributed by atoms with E-state index < -0.39 is 35.9 Å². The van der Waals surface area contributed by atoms with Crippen molar-refractivity contribution in [2.45, 2.75) is 38.2 Å². The minimum absolute atomic E-state index is 0.0573. The summed E-state index contributed by atoms with van der Waals surface area (Å²) in [5, 5.41) is 9.11. The van der Waals surface area contributed by atoms with Crippen LogP contribution in [0.3, 0.4) is 0 Å². The molecular formula is C27H24F3NO6. The van der Waals surface area contributed by atoms with E-state index in [9.17, 15) is 22.8 Å². The van der Waals surface area contributed by atoms with Crippen molar-refractivity contribution in [2.24, 2.45) is 0 Å². The van der Waals surface area contributed by atoms with Crippen LogP contribution >= 0.6 is 0 Å². The fraction of sp³-hybridized carbons (Fsp3) is 0.259. The van der Waals surface area contributed by atoms with Crippen molar-refractivity contribution in [2.75, 3.05) is 7.11 Å². The molecule has 0 saturated carbocycles. The molecule has 1 N–H and O–H groups in total. The van der Waals surface area contributed by atoms with Crippen molar-refractivity contribution >= 4 is 12.1 Å². The van der Waals surface area contributed by atoms with Crippen molar-refractivity contribution < 1.29 is 42.1 Å². The van der Waals surface area contributed by atoms with Crippen LogP contribution in [0.5, 0.6) is 17.2 Å². The van der Waals surface area contributed by atoms with Gasteiger partial charge in [-0.15, -0.1) is 0 Å². The summed E-state index contributed by atoms with van der Waals surface area (Å²) >= 11 is 0. The zero-order valence-electron chi connectivity index (χ0n) is 20.0. The van der Waals surface area contributed by atoms with E-state index >= 15 is 0 Å². The lowest BCUT2D eigenvalue weighted by atomic mass is 10.0. The van der Waals surface area contributed by atoms with E-state index in [1.807, 2.05) is 30.3 Å². The second-order valence-corrected chi connectivity index (χ2v) is 8.56. The first-order valence-corrected chi connectivity index (χ1v) is 11.4. The first kappa shape index (κ1) is 25.9. The number of aliphatic carboxylic acids is 1. The second kappa shape index (κ2) is 10.4. The lowest BCUT2D eigenvalue weighted by molar-refractivity contribution is -0.138. The summed E-state index contributed by atoms with van der Waals surface area (Å²) in [6.45, 7) is 1.55. The number of hydrogen-bond donors (Lipinski definition) is 1. The van der Waals surface area contributed by atoms with E-state index in [0.29, 0.717) is 5.56 Å². The minimum Gasteiger partial charge on any atom is -0.493 e. The average Bonchev–Trinajstić information content (AvgIpc) is 3.13. The maximum absolute atomic E-state index is 13.5. The number of alkyl halides is 3. The molecule has 0 spiro atoms. The fourth-order valence-electron chi connectivity index (χ4n) is 4.17. The lowest BCUT2D eigenvalue weighted by Crippen LogP contribution is -2.31. The van der Waals surface area contributed by atoms with Gasteiger partial charge in [0.05, 0.1) is 31.7 Å². The van der Waals surface area contributed by atoms with Gasteiger partial charge in [-0.3, -0.25) is 9.69 Å². The summed E-state index contributed by atoms with van der Waals surface area (Å²) in [5.41, 5.74) is 0.379.